The van der Waals surface area contributed by atoms with Gasteiger partial charge in [0, 0.05) is 36.6 Å². The first kappa shape index (κ1) is 19.6. The number of rotatable bonds is 5. The van der Waals surface area contributed by atoms with Crippen LogP contribution in [0.5, 0.6) is 11.5 Å². The molecule has 0 spiro atoms. The zero-order valence-corrected chi connectivity index (χ0v) is 16.8. The average molecular weight is 397 g/mol. The van der Waals surface area contributed by atoms with Gasteiger partial charge in [0.15, 0.2) is 0 Å². The molecule has 2 aromatic carbocycles. The molecule has 2 unspecified atom stereocenters. The van der Waals surface area contributed by atoms with Crippen molar-refractivity contribution in [3.63, 3.8) is 0 Å². The molecule has 6 nitrogen and oxygen atoms in total. The second-order valence-electron chi connectivity index (χ2n) is 7.84. The highest BCUT2D eigenvalue weighted by atomic mass is 16.6. The highest BCUT2D eigenvalue weighted by molar-refractivity contribution is 5.69. The summed E-state index contributed by atoms with van der Waals surface area (Å²) in [6.45, 7) is 0.256. The second kappa shape index (κ2) is 7.95. The van der Waals surface area contributed by atoms with E-state index in [9.17, 15) is 9.90 Å². The van der Waals surface area contributed by atoms with Crippen LogP contribution >= 0.6 is 0 Å². The molecule has 1 amide bonds. The summed E-state index contributed by atoms with van der Waals surface area (Å²) in [6, 6.07) is 15.0. The average Bonchev–Trinajstić information content (AvgIpc) is 3.04. The third kappa shape index (κ3) is 3.77. The van der Waals surface area contributed by atoms with Crippen molar-refractivity contribution >= 4 is 6.09 Å². The number of hydrogen-bond donors (Lipinski definition) is 1. The lowest BCUT2D eigenvalue weighted by atomic mass is 9.80. The van der Waals surface area contributed by atoms with Crippen molar-refractivity contribution < 1.29 is 24.1 Å². The molecule has 29 heavy (non-hydrogen) atoms. The number of hydrogen-bond acceptors (Lipinski definition) is 5. The first-order valence-corrected chi connectivity index (χ1v) is 9.98. The fourth-order valence-corrected chi connectivity index (χ4v) is 4.72. The minimum absolute atomic E-state index is 0.0474. The molecule has 0 aromatic heterocycles. The van der Waals surface area contributed by atoms with Gasteiger partial charge in [-0.2, -0.15) is 0 Å². The second-order valence-corrected chi connectivity index (χ2v) is 7.84. The van der Waals surface area contributed by atoms with E-state index >= 15 is 0 Å². The molecule has 6 heteroatoms. The molecule has 2 aromatic rings. The zero-order valence-electron chi connectivity index (χ0n) is 16.8. The number of benzene rings is 2. The van der Waals surface area contributed by atoms with Crippen LogP contribution in [0.25, 0.3) is 0 Å². The molecule has 0 aliphatic carbocycles. The molecule has 2 aliphatic heterocycles. The number of fused-ring (bicyclic) bond motifs is 2. The first-order chi connectivity index (χ1) is 14.0. The highest BCUT2D eigenvalue weighted by Gasteiger charge is 2.51. The Morgan fingerprint density at radius 2 is 1.76 bits per heavy atom. The van der Waals surface area contributed by atoms with E-state index in [-0.39, 0.29) is 24.8 Å². The van der Waals surface area contributed by atoms with Crippen molar-refractivity contribution in [2.75, 3.05) is 14.2 Å². The summed E-state index contributed by atoms with van der Waals surface area (Å²) < 4.78 is 16.3. The van der Waals surface area contributed by atoms with Gasteiger partial charge in [-0.25, -0.2) is 4.79 Å². The van der Waals surface area contributed by atoms with E-state index in [0.717, 1.165) is 24.0 Å². The van der Waals surface area contributed by atoms with E-state index in [1.54, 1.807) is 20.3 Å². The van der Waals surface area contributed by atoms with Gasteiger partial charge in [0.2, 0.25) is 0 Å². The van der Waals surface area contributed by atoms with Gasteiger partial charge in [0.1, 0.15) is 18.1 Å². The molecule has 2 bridgehead atoms. The molecule has 2 saturated heterocycles. The Hall–Kier alpha value is -2.73. The van der Waals surface area contributed by atoms with Gasteiger partial charge in [0.25, 0.3) is 0 Å². The summed E-state index contributed by atoms with van der Waals surface area (Å²) in [4.78, 5) is 14.6. The van der Waals surface area contributed by atoms with Gasteiger partial charge >= 0.3 is 6.09 Å². The molecule has 0 saturated carbocycles. The smallest absolute Gasteiger partial charge is 0.410 e. The number of aliphatic hydroxyl groups is 1. The van der Waals surface area contributed by atoms with Crippen molar-refractivity contribution in [2.24, 2.45) is 0 Å². The van der Waals surface area contributed by atoms with Crippen LogP contribution in [-0.4, -0.2) is 42.4 Å². The summed E-state index contributed by atoms with van der Waals surface area (Å²) in [6.07, 6.45) is 2.36. The third-order valence-corrected chi connectivity index (χ3v) is 6.09. The molecule has 2 aliphatic rings. The normalized spacial score (nSPS) is 25.6. The fraction of sp³-hybridized carbons (Fsp3) is 0.435. The molecule has 0 radical (unpaired) electrons. The number of piperidine rings is 1. The lowest BCUT2D eigenvalue weighted by Gasteiger charge is -2.43. The minimum Gasteiger partial charge on any atom is -0.497 e. The van der Waals surface area contributed by atoms with Crippen LogP contribution in [-0.2, 0) is 16.9 Å². The topological polar surface area (TPSA) is 68.2 Å². The Morgan fingerprint density at radius 1 is 1.07 bits per heavy atom. The third-order valence-electron chi connectivity index (χ3n) is 6.09. The molecule has 4 rings (SSSR count). The van der Waals surface area contributed by atoms with Gasteiger partial charge < -0.3 is 24.2 Å². The molecule has 1 N–H and O–H groups in total. The first-order valence-electron chi connectivity index (χ1n) is 9.98. The quantitative estimate of drug-likeness (QED) is 0.830. The van der Waals surface area contributed by atoms with E-state index in [4.69, 9.17) is 14.2 Å². The van der Waals surface area contributed by atoms with E-state index < -0.39 is 5.60 Å². The number of methoxy groups -OCH3 is 2. The molecular formula is C23H27NO5. The predicted octanol–water partition coefficient (Wildman–Crippen LogP) is 3.86. The molecule has 2 atom stereocenters. The summed E-state index contributed by atoms with van der Waals surface area (Å²) in [5.41, 5.74) is 0.666. The largest absolute Gasteiger partial charge is 0.497 e. The van der Waals surface area contributed by atoms with Crippen LogP contribution < -0.4 is 9.47 Å². The van der Waals surface area contributed by atoms with Gasteiger partial charge in [-0.1, -0.05) is 30.3 Å². The molecule has 154 valence electrons. The molecule has 2 fully saturated rings. The van der Waals surface area contributed by atoms with Crippen LogP contribution in [0.4, 0.5) is 4.79 Å². The number of carbonyl (C=O) groups is 1. The van der Waals surface area contributed by atoms with Crippen LogP contribution in [0.15, 0.2) is 48.5 Å². The Balaban J connectivity index is 1.49. The van der Waals surface area contributed by atoms with Crippen LogP contribution in [0, 0.1) is 0 Å². The standard InChI is InChI=1S/C23H27NO5/c1-27-19-10-11-20(21(12-19)28-2)23(26)13-17-8-9-18(14-23)24(17)22(25)29-15-16-6-4-3-5-7-16/h3-7,10-12,17-18,26H,8-9,13-15H2,1-2H3. The van der Waals surface area contributed by atoms with Crippen molar-refractivity contribution in [2.45, 2.75) is 50.0 Å². The summed E-state index contributed by atoms with van der Waals surface area (Å²) in [7, 11) is 3.19. The highest BCUT2D eigenvalue weighted by Crippen LogP contribution is 2.48. The Kier molecular flexibility index (Phi) is 5.37. The van der Waals surface area contributed by atoms with E-state index in [2.05, 4.69) is 0 Å². The summed E-state index contributed by atoms with van der Waals surface area (Å²) in [5, 5.41) is 11.5. The maximum Gasteiger partial charge on any atom is 0.410 e. The number of nitrogens with zero attached hydrogens (tertiary/aromatic N) is 1. The monoisotopic (exact) mass is 397 g/mol. The lowest BCUT2D eigenvalue weighted by molar-refractivity contribution is -0.0548. The SMILES string of the molecule is COc1ccc(C2(O)CC3CCC(C2)N3C(=O)OCc2ccccc2)c(OC)c1. The Morgan fingerprint density at radius 3 is 2.38 bits per heavy atom. The van der Waals surface area contributed by atoms with Crippen molar-refractivity contribution in [1.29, 1.82) is 0 Å². The molecule has 2 heterocycles. The van der Waals surface area contributed by atoms with Gasteiger partial charge in [-0.05, 0) is 30.5 Å². The van der Waals surface area contributed by atoms with E-state index in [0.29, 0.717) is 24.3 Å². The summed E-state index contributed by atoms with van der Waals surface area (Å²) in [5.74, 6) is 1.28. The van der Waals surface area contributed by atoms with Gasteiger partial charge in [0.05, 0.1) is 19.8 Å². The van der Waals surface area contributed by atoms with Crippen LogP contribution in [0.1, 0.15) is 36.8 Å². The molecular weight excluding hydrogens is 370 g/mol. The number of carbonyl (C=O) groups excluding carboxylic acids is 1. The predicted molar refractivity (Wildman–Crippen MR) is 108 cm³/mol. The Labute approximate surface area is 171 Å². The van der Waals surface area contributed by atoms with E-state index in [1.165, 1.54) is 0 Å². The van der Waals surface area contributed by atoms with Crippen LogP contribution in [0.3, 0.4) is 0 Å². The number of ether oxygens (including phenoxy) is 3. The number of amides is 1. The van der Waals surface area contributed by atoms with Crippen LogP contribution in [0.2, 0.25) is 0 Å². The lowest BCUT2D eigenvalue weighted by Crippen LogP contribution is -2.52. The van der Waals surface area contributed by atoms with Crippen molar-refractivity contribution in [3.8, 4) is 11.5 Å². The fourth-order valence-electron chi connectivity index (χ4n) is 4.72. The van der Waals surface area contributed by atoms with E-state index in [1.807, 2.05) is 47.4 Å². The maximum absolute atomic E-state index is 12.8. The van der Waals surface area contributed by atoms with Gasteiger partial charge in [-0.15, -0.1) is 0 Å². The van der Waals surface area contributed by atoms with Gasteiger partial charge in [-0.3, -0.25) is 0 Å². The van der Waals surface area contributed by atoms with Crippen molar-refractivity contribution in [1.82, 2.24) is 4.90 Å². The zero-order chi connectivity index (χ0) is 20.4. The van der Waals surface area contributed by atoms with Crippen molar-refractivity contribution in [3.05, 3.63) is 59.7 Å². The minimum atomic E-state index is -1.04. The maximum atomic E-state index is 12.8. The Bertz CT molecular complexity index is 855. The summed E-state index contributed by atoms with van der Waals surface area (Å²) >= 11 is 0.